The Balaban J connectivity index is 1.85. The van der Waals surface area contributed by atoms with Crippen LogP contribution in [0.15, 0.2) is 89.8 Å². The van der Waals surface area contributed by atoms with Crippen LogP contribution in [0.2, 0.25) is 0 Å². The first kappa shape index (κ1) is 35.7. The van der Waals surface area contributed by atoms with Crippen molar-refractivity contribution >= 4 is 29.7 Å². The van der Waals surface area contributed by atoms with Crippen LogP contribution in [0.5, 0.6) is 0 Å². The quantitative estimate of drug-likeness (QED) is 0.0871. The molecule has 0 saturated heterocycles. The summed E-state index contributed by atoms with van der Waals surface area (Å²) in [7, 11) is 0. The predicted octanol–water partition coefficient (Wildman–Crippen LogP) is 7.35. The minimum atomic E-state index is -0.775. The van der Waals surface area contributed by atoms with E-state index in [0.717, 1.165) is 40.8 Å². The van der Waals surface area contributed by atoms with Crippen LogP contribution in [0.3, 0.4) is 0 Å². The first-order chi connectivity index (χ1) is 21.8. The van der Waals surface area contributed by atoms with E-state index in [-0.39, 0.29) is 30.9 Å². The summed E-state index contributed by atoms with van der Waals surface area (Å²) in [6, 6.07) is 26.6. The Morgan fingerprint density at radius 3 is 2.13 bits per heavy atom. The molecule has 0 radical (unpaired) electrons. The first-order valence-electron chi connectivity index (χ1n) is 16.1. The van der Waals surface area contributed by atoms with Crippen LogP contribution in [-0.4, -0.2) is 60.3 Å². The van der Waals surface area contributed by atoms with Gasteiger partial charge in [-0.3, -0.25) is 9.59 Å². The van der Waals surface area contributed by atoms with Crippen LogP contribution in [0, 0.1) is 5.92 Å². The topological polar surface area (TPSA) is 87.7 Å². The summed E-state index contributed by atoms with van der Waals surface area (Å²) in [6.07, 6.45) is 3.00. The number of esters is 1. The molecular formula is C37H49N3O4S. The molecule has 0 bridgehead atoms. The minimum Gasteiger partial charge on any atom is -0.466 e. The van der Waals surface area contributed by atoms with Gasteiger partial charge in [0, 0.05) is 30.2 Å². The fraction of sp³-hybridized carbons (Fsp3) is 0.432. The number of nitrogens with one attached hydrogen (secondary N) is 2. The molecule has 0 spiro atoms. The summed E-state index contributed by atoms with van der Waals surface area (Å²) in [4.78, 5) is 43.1. The monoisotopic (exact) mass is 631 g/mol. The van der Waals surface area contributed by atoms with E-state index in [1.165, 1.54) is 0 Å². The lowest BCUT2D eigenvalue weighted by Crippen LogP contribution is -2.55. The van der Waals surface area contributed by atoms with Crippen molar-refractivity contribution in [2.24, 2.45) is 5.92 Å². The van der Waals surface area contributed by atoms with E-state index in [9.17, 15) is 14.4 Å². The minimum absolute atomic E-state index is 0.0769. The summed E-state index contributed by atoms with van der Waals surface area (Å²) in [6.45, 7) is 9.35. The zero-order valence-corrected chi connectivity index (χ0v) is 28.0. The van der Waals surface area contributed by atoms with Gasteiger partial charge >= 0.3 is 12.0 Å². The first-order valence-corrected chi connectivity index (χ1v) is 17.1. The molecule has 0 saturated carbocycles. The van der Waals surface area contributed by atoms with Gasteiger partial charge in [0.15, 0.2) is 0 Å². The van der Waals surface area contributed by atoms with Crippen LogP contribution in [-0.2, 0) is 20.7 Å². The molecule has 2 atom stereocenters. The Kier molecular flexibility index (Phi) is 15.5. The maximum atomic E-state index is 14.1. The summed E-state index contributed by atoms with van der Waals surface area (Å²) in [5, 5.41) is 6.07. The van der Waals surface area contributed by atoms with Crippen molar-refractivity contribution in [3.8, 4) is 11.1 Å². The number of benzene rings is 3. The van der Waals surface area contributed by atoms with Crippen molar-refractivity contribution in [1.82, 2.24) is 15.5 Å². The molecule has 0 aromatic heterocycles. The molecule has 3 rings (SSSR count). The molecule has 0 heterocycles. The van der Waals surface area contributed by atoms with Crippen LogP contribution in [0.25, 0.3) is 11.1 Å². The average Bonchev–Trinajstić information content (AvgIpc) is 3.04. The Morgan fingerprint density at radius 2 is 1.51 bits per heavy atom. The standard InChI is InChI=1S/C37H49N3O4S/c1-5-7-23-38-36(42)34(25-29-18-20-31(21-19-29)30-14-10-8-11-15-30)39-37(43)40(24-22-28(3)4)32(26-35(41)44-6-2)27-45-33-16-12-9-13-17-33/h8-21,28,32,34H,5-7,22-27H2,1-4H3,(H,38,42)(H,39,43). The molecule has 3 aromatic rings. The lowest BCUT2D eigenvalue weighted by atomic mass is 10.00. The molecule has 2 unspecified atom stereocenters. The van der Waals surface area contributed by atoms with Crippen LogP contribution >= 0.6 is 11.8 Å². The van der Waals surface area contributed by atoms with Crippen molar-refractivity contribution in [3.63, 3.8) is 0 Å². The summed E-state index contributed by atoms with van der Waals surface area (Å²) in [5.74, 6) is 0.309. The molecule has 242 valence electrons. The number of nitrogens with zero attached hydrogens (tertiary/aromatic N) is 1. The molecule has 7 nitrogen and oxygen atoms in total. The fourth-order valence-corrected chi connectivity index (χ4v) is 5.91. The van der Waals surface area contributed by atoms with Crippen molar-refractivity contribution in [3.05, 3.63) is 90.5 Å². The Hall–Kier alpha value is -3.78. The Bertz CT molecular complexity index is 1300. The maximum Gasteiger partial charge on any atom is 0.318 e. The summed E-state index contributed by atoms with van der Waals surface area (Å²) >= 11 is 1.60. The molecule has 8 heteroatoms. The van der Waals surface area contributed by atoms with Gasteiger partial charge in [-0.2, -0.15) is 0 Å². The van der Waals surface area contributed by atoms with Crippen molar-refractivity contribution in [2.75, 3.05) is 25.4 Å². The highest BCUT2D eigenvalue weighted by molar-refractivity contribution is 7.99. The summed E-state index contributed by atoms with van der Waals surface area (Å²) < 4.78 is 5.30. The van der Waals surface area contributed by atoms with Gasteiger partial charge in [-0.15, -0.1) is 11.8 Å². The van der Waals surface area contributed by atoms with Gasteiger partial charge in [0.25, 0.3) is 0 Å². The number of unbranched alkanes of at least 4 members (excludes halogenated alkanes) is 1. The molecule has 45 heavy (non-hydrogen) atoms. The number of carbonyl (C=O) groups is 3. The van der Waals surface area contributed by atoms with Gasteiger partial charge in [0.05, 0.1) is 19.1 Å². The van der Waals surface area contributed by atoms with Crippen LogP contribution < -0.4 is 10.6 Å². The van der Waals surface area contributed by atoms with E-state index in [2.05, 4.69) is 43.5 Å². The van der Waals surface area contributed by atoms with E-state index < -0.39 is 12.1 Å². The van der Waals surface area contributed by atoms with E-state index in [1.807, 2.05) is 72.8 Å². The smallest absolute Gasteiger partial charge is 0.318 e. The summed E-state index contributed by atoms with van der Waals surface area (Å²) in [5.41, 5.74) is 3.15. The number of urea groups is 1. The predicted molar refractivity (Wildman–Crippen MR) is 184 cm³/mol. The van der Waals surface area contributed by atoms with Gasteiger partial charge in [0.1, 0.15) is 6.04 Å². The van der Waals surface area contributed by atoms with E-state index in [1.54, 1.807) is 23.6 Å². The van der Waals surface area contributed by atoms with E-state index >= 15 is 0 Å². The zero-order chi connectivity index (χ0) is 32.4. The molecule has 0 fully saturated rings. The van der Waals surface area contributed by atoms with Crippen LogP contribution in [0.4, 0.5) is 4.79 Å². The highest BCUT2D eigenvalue weighted by Gasteiger charge is 2.30. The second-order valence-corrected chi connectivity index (χ2v) is 12.7. The molecule has 2 N–H and O–H groups in total. The fourth-order valence-electron chi connectivity index (χ4n) is 4.88. The third-order valence-corrected chi connectivity index (χ3v) is 8.64. The van der Waals surface area contributed by atoms with Gasteiger partial charge in [-0.1, -0.05) is 100.0 Å². The second kappa shape index (κ2) is 19.6. The van der Waals surface area contributed by atoms with Crippen LogP contribution in [0.1, 0.15) is 58.9 Å². The molecule has 0 aliphatic heterocycles. The number of thioether (sulfide) groups is 1. The third kappa shape index (κ3) is 12.6. The molecule has 0 aliphatic rings. The average molecular weight is 632 g/mol. The number of carbonyl (C=O) groups excluding carboxylic acids is 3. The largest absolute Gasteiger partial charge is 0.466 e. The normalized spacial score (nSPS) is 12.3. The molecule has 3 aromatic carbocycles. The number of amides is 3. The Morgan fingerprint density at radius 1 is 0.867 bits per heavy atom. The maximum absolute atomic E-state index is 14.1. The molecular weight excluding hydrogens is 582 g/mol. The van der Waals surface area contributed by atoms with Gasteiger partial charge < -0.3 is 20.3 Å². The van der Waals surface area contributed by atoms with Crippen molar-refractivity contribution in [2.45, 2.75) is 76.8 Å². The SMILES string of the molecule is CCCCNC(=O)C(Cc1ccc(-c2ccccc2)cc1)NC(=O)N(CCC(C)C)C(CSc1ccccc1)CC(=O)OCC. The highest BCUT2D eigenvalue weighted by Crippen LogP contribution is 2.23. The van der Waals surface area contributed by atoms with Gasteiger partial charge in [-0.25, -0.2) is 4.79 Å². The molecule has 0 aliphatic carbocycles. The van der Waals surface area contributed by atoms with Gasteiger partial charge in [-0.05, 0) is 54.5 Å². The van der Waals surface area contributed by atoms with Crippen molar-refractivity contribution < 1.29 is 19.1 Å². The number of ether oxygens (including phenoxy) is 1. The number of rotatable bonds is 18. The number of hydrogen-bond acceptors (Lipinski definition) is 5. The molecule has 3 amide bonds. The van der Waals surface area contributed by atoms with Gasteiger partial charge in [0.2, 0.25) is 5.91 Å². The van der Waals surface area contributed by atoms with E-state index in [4.69, 9.17) is 4.74 Å². The lowest BCUT2D eigenvalue weighted by Gasteiger charge is -2.33. The van der Waals surface area contributed by atoms with Crippen molar-refractivity contribution in [1.29, 1.82) is 0 Å². The van der Waals surface area contributed by atoms with E-state index in [0.29, 0.717) is 31.2 Å². The zero-order valence-electron chi connectivity index (χ0n) is 27.2. The highest BCUT2D eigenvalue weighted by atomic mass is 32.2. The Labute approximate surface area is 273 Å². The second-order valence-electron chi connectivity index (χ2n) is 11.6. The number of hydrogen-bond donors (Lipinski definition) is 2. The third-order valence-electron chi connectivity index (χ3n) is 7.49. The lowest BCUT2D eigenvalue weighted by molar-refractivity contribution is -0.144.